The van der Waals surface area contributed by atoms with Crippen LogP contribution in [0, 0.1) is 11.8 Å². The number of benzene rings is 1. The molecule has 0 radical (unpaired) electrons. The summed E-state index contributed by atoms with van der Waals surface area (Å²) in [5.74, 6) is 0.651. The lowest BCUT2D eigenvalue weighted by Gasteiger charge is -2.14. The number of nitrogen functional groups attached to an aromatic ring is 1. The van der Waals surface area contributed by atoms with Crippen LogP contribution in [0.4, 0.5) is 11.4 Å². The summed E-state index contributed by atoms with van der Waals surface area (Å²) in [6, 6.07) is 3.65. The maximum Gasteiger partial charge on any atom is 0.227 e. The zero-order valence-corrected chi connectivity index (χ0v) is 12.6. The zero-order chi connectivity index (χ0) is 12.6. The molecule has 1 atom stereocenters. The fourth-order valence-corrected chi connectivity index (χ4v) is 3.13. The first kappa shape index (κ1) is 12.9. The van der Waals surface area contributed by atoms with Crippen LogP contribution in [0.25, 0.3) is 0 Å². The number of amides is 1. The molecule has 17 heavy (non-hydrogen) atoms. The SMILES string of the molecule is CC(C(=O)Nc1c(N)cc(Br)cc1Br)C1CC1. The Hall–Kier alpha value is -0.550. The Kier molecular flexibility index (Phi) is 3.78. The van der Waals surface area contributed by atoms with E-state index in [2.05, 4.69) is 37.2 Å². The number of nitrogens with two attached hydrogens (primary N) is 1. The van der Waals surface area contributed by atoms with Gasteiger partial charge in [-0.05, 0) is 46.8 Å². The molecule has 3 N–H and O–H groups in total. The highest BCUT2D eigenvalue weighted by atomic mass is 79.9. The van der Waals surface area contributed by atoms with Gasteiger partial charge in [0.25, 0.3) is 0 Å². The van der Waals surface area contributed by atoms with E-state index in [4.69, 9.17) is 5.73 Å². The van der Waals surface area contributed by atoms with Crippen LogP contribution in [0.3, 0.4) is 0 Å². The number of nitrogens with one attached hydrogen (secondary N) is 1. The number of halogens is 2. The summed E-state index contributed by atoms with van der Waals surface area (Å²) in [5, 5.41) is 2.90. The normalized spacial score (nSPS) is 16.6. The third kappa shape index (κ3) is 3.01. The second kappa shape index (κ2) is 4.98. The van der Waals surface area contributed by atoms with E-state index in [9.17, 15) is 4.79 Å². The third-order valence-electron chi connectivity index (χ3n) is 3.08. The molecule has 0 spiro atoms. The zero-order valence-electron chi connectivity index (χ0n) is 9.47. The van der Waals surface area contributed by atoms with Crippen LogP contribution in [0.5, 0.6) is 0 Å². The van der Waals surface area contributed by atoms with Crippen molar-refractivity contribution >= 4 is 49.1 Å². The average molecular weight is 362 g/mol. The Labute approximate surface area is 117 Å². The standard InChI is InChI=1S/C12H14Br2N2O/c1-6(7-2-3-7)12(17)16-11-9(14)4-8(13)5-10(11)15/h4-7H,2-3,15H2,1H3,(H,16,17). The van der Waals surface area contributed by atoms with Gasteiger partial charge in [0.15, 0.2) is 0 Å². The minimum atomic E-state index is 0.0437. The van der Waals surface area contributed by atoms with E-state index < -0.39 is 0 Å². The highest BCUT2D eigenvalue weighted by molar-refractivity contribution is 9.11. The van der Waals surface area contributed by atoms with Crippen LogP contribution in [0.2, 0.25) is 0 Å². The predicted octanol–water partition coefficient (Wildman–Crippen LogP) is 3.78. The molecule has 5 heteroatoms. The summed E-state index contributed by atoms with van der Waals surface area (Å²) >= 11 is 6.76. The molecule has 2 rings (SSSR count). The van der Waals surface area contributed by atoms with E-state index in [1.54, 1.807) is 6.07 Å². The molecule has 1 saturated carbocycles. The summed E-state index contributed by atoms with van der Waals surface area (Å²) < 4.78 is 1.68. The molecule has 0 aromatic heterocycles. The highest BCUT2D eigenvalue weighted by Crippen LogP contribution is 2.38. The third-order valence-corrected chi connectivity index (χ3v) is 4.16. The summed E-state index contributed by atoms with van der Waals surface area (Å²) in [5.41, 5.74) is 7.10. The number of hydrogen-bond acceptors (Lipinski definition) is 2. The van der Waals surface area contributed by atoms with Crippen molar-refractivity contribution < 1.29 is 4.79 Å². The maximum atomic E-state index is 12.0. The van der Waals surface area contributed by atoms with Gasteiger partial charge in [-0.15, -0.1) is 0 Å². The second-order valence-corrected chi connectivity index (χ2v) is 6.24. The number of hydrogen-bond donors (Lipinski definition) is 2. The second-order valence-electron chi connectivity index (χ2n) is 4.47. The van der Waals surface area contributed by atoms with E-state index >= 15 is 0 Å². The van der Waals surface area contributed by atoms with Gasteiger partial charge in [0.2, 0.25) is 5.91 Å². The first-order valence-electron chi connectivity index (χ1n) is 5.54. The Morgan fingerprint density at radius 3 is 2.65 bits per heavy atom. The average Bonchev–Trinajstić information content (AvgIpc) is 3.05. The van der Waals surface area contributed by atoms with Crippen molar-refractivity contribution in [2.24, 2.45) is 11.8 Å². The topological polar surface area (TPSA) is 55.1 Å². The lowest BCUT2D eigenvalue weighted by Crippen LogP contribution is -2.22. The van der Waals surface area contributed by atoms with Gasteiger partial charge in [0, 0.05) is 14.9 Å². The lowest BCUT2D eigenvalue weighted by molar-refractivity contribution is -0.119. The molecule has 1 amide bonds. The lowest BCUT2D eigenvalue weighted by atomic mass is 10.1. The maximum absolute atomic E-state index is 12.0. The van der Waals surface area contributed by atoms with Crippen molar-refractivity contribution in [2.45, 2.75) is 19.8 Å². The first-order chi connectivity index (χ1) is 7.99. The Balaban J connectivity index is 2.15. The molecule has 0 saturated heterocycles. The van der Waals surface area contributed by atoms with Gasteiger partial charge in [-0.2, -0.15) is 0 Å². The van der Waals surface area contributed by atoms with Crippen molar-refractivity contribution in [3.63, 3.8) is 0 Å². The summed E-state index contributed by atoms with van der Waals surface area (Å²) in [7, 11) is 0. The molecular weight excluding hydrogens is 348 g/mol. The van der Waals surface area contributed by atoms with Gasteiger partial charge in [-0.3, -0.25) is 4.79 Å². The van der Waals surface area contributed by atoms with E-state index in [1.807, 2.05) is 13.0 Å². The molecule has 0 bridgehead atoms. The van der Waals surface area contributed by atoms with E-state index in [-0.39, 0.29) is 11.8 Å². The van der Waals surface area contributed by atoms with Crippen LogP contribution in [0.15, 0.2) is 21.1 Å². The Bertz CT molecular complexity index is 435. The Morgan fingerprint density at radius 2 is 2.12 bits per heavy atom. The van der Waals surface area contributed by atoms with Gasteiger partial charge < -0.3 is 11.1 Å². The molecule has 0 heterocycles. The molecule has 0 aliphatic heterocycles. The number of rotatable bonds is 3. The van der Waals surface area contributed by atoms with Gasteiger partial charge in [0.1, 0.15) is 0 Å². The quantitative estimate of drug-likeness (QED) is 0.805. The molecule has 1 aliphatic rings. The minimum Gasteiger partial charge on any atom is -0.397 e. The minimum absolute atomic E-state index is 0.0437. The van der Waals surface area contributed by atoms with Crippen molar-refractivity contribution in [2.75, 3.05) is 11.1 Å². The highest BCUT2D eigenvalue weighted by Gasteiger charge is 2.32. The first-order valence-corrected chi connectivity index (χ1v) is 7.13. The summed E-state index contributed by atoms with van der Waals surface area (Å²) in [4.78, 5) is 12.0. The molecule has 92 valence electrons. The molecule has 1 fully saturated rings. The smallest absolute Gasteiger partial charge is 0.227 e. The summed E-state index contributed by atoms with van der Waals surface area (Å²) in [6.45, 7) is 1.97. The van der Waals surface area contributed by atoms with Crippen molar-refractivity contribution in [1.82, 2.24) is 0 Å². The number of anilines is 2. The van der Waals surface area contributed by atoms with Crippen molar-refractivity contribution in [3.8, 4) is 0 Å². The summed E-state index contributed by atoms with van der Waals surface area (Å²) in [6.07, 6.45) is 2.32. The van der Waals surface area contributed by atoms with Gasteiger partial charge in [0.05, 0.1) is 11.4 Å². The molecule has 1 aromatic carbocycles. The fourth-order valence-electron chi connectivity index (χ4n) is 1.77. The molecule has 1 aromatic rings. The number of carbonyl (C=O) groups is 1. The fraction of sp³-hybridized carbons (Fsp3) is 0.417. The van der Waals surface area contributed by atoms with Crippen LogP contribution in [-0.2, 0) is 4.79 Å². The molecular formula is C12H14Br2N2O. The monoisotopic (exact) mass is 360 g/mol. The van der Waals surface area contributed by atoms with Gasteiger partial charge >= 0.3 is 0 Å². The van der Waals surface area contributed by atoms with Crippen LogP contribution < -0.4 is 11.1 Å². The Morgan fingerprint density at radius 1 is 1.47 bits per heavy atom. The largest absolute Gasteiger partial charge is 0.397 e. The molecule has 1 unspecified atom stereocenters. The number of carbonyl (C=O) groups excluding carboxylic acids is 1. The predicted molar refractivity (Wildman–Crippen MR) is 76.8 cm³/mol. The van der Waals surface area contributed by atoms with Gasteiger partial charge in [-0.25, -0.2) is 0 Å². The van der Waals surface area contributed by atoms with Crippen LogP contribution in [0.1, 0.15) is 19.8 Å². The van der Waals surface area contributed by atoms with E-state index in [0.717, 1.165) is 21.8 Å². The van der Waals surface area contributed by atoms with E-state index in [0.29, 0.717) is 17.3 Å². The molecule has 3 nitrogen and oxygen atoms in total. The van der Waals surface area contributed by atoms with Crippen LogP contribution in [-0.4, -0.2) is 5.91 Å². The van der Waals surface area contributed by atoms with Crippen LogP contribution >= 0.6 is 31.9 Å². The van der Waals surface area contributed by atoms with E-state index in [1.165, 1.54) is 0 Å². The molecule has 1 aliphatic carbocycles. The van der Waals surface area contributed by atoms with Crippen molar-refractivity contribution in [3.05, 3.63) is 21.1 Å². The van der Waals surface area contributed by atoms with Crippen molar-refractivity contribution in [1.29, 1.82) is 0 Å². The van der Waals surface area contributed by atoms with Gasteiger partial charge in [-0.1, -0.05) is 22.9 Å².